The number of nitrogen functional groups attached to an aromatic ring is 1. The molecule has 0 radical (unpaired) electrons. The number of hydrazine groups is 1. The lowest BCUT2D eigenvalue weighted by Gasteiger charge is -2.07. The first-order valence-electron chi connectivity index (χ1n) is 6.51. The van der Waals surface area contributed by atoms with Crippen molar-refractivity contribution < 1.29 is 18.9 Å². The molecule has 0 saturated carbocycles. The van der Waals surface area contributed by atoms with Crippen LogP contribution in [0.15, 0.2) is 18.2 Å². The number of hydrogen-bond donors (Lipinski definition) is 2. The Morgan fingerprint density at radius 2 is 1.65 bits per heavy atom. The Kier molecular flexibility index (Phi) is 9.72. The number of methoxy groups -OCH3 is 1. The number of nitrogens with one attached hydrogen (secondary N) is 1. The van der Waals surface area contributed by atoms with E-state index in [0.717, 1.165) is 5.69 Å². The van der Waals surface area contributed by atoms with E-state index in [9.17, 15) is 0 Å². The van der Waals surface area contributed by atoms with Crippen molar-refractivity contribution >= 4 is 5.82 Å². The predicted molar refractivity (Wildman–Crippen MR) is 75.2 cm³/mol. The fourth-order valence-corrected chi connectivity index (χ4v) is 1.40. The van der Waals surface area contributed by atoms with E-state index in [1.165, 1.54) is 0 Å². The molecule has 3 N–H and O–H groups in total. The van der Waals surface area contributed by atoms with Crippen LogP contribution in [0.3, 0.4) is 0 Å². The third-order valence-corrected chi connectivity index (χ3v) is 2.38. The fraction of sp³-hybridized carbons (Fsp3) is 0.615. The molecule has 0 unspecified atom stereocenters. The average molecular weight is 285 g/mol. The van der Waals surface area contributed by atoms with Gasteiger partial charge in [0.25, 0.3) is 0 Å². The molecular weight excluding hydrogens is 262 g/mol. The van der Waals surface area contributed by atoms with Gasteiger partial charge in [-0.05, 0) is 12.1 Å². The maximum Gasteiger partial charge on any atom is 0.140 e. The molecule has 0 spiro atoms. The fourth-order valence-electron chi connectivity index (χ4n) is 1.40. The number of rotatable bonds is 12. The molecule has 20 heavy (non-hydrogen) atoms. The third-order valence-electron chi connectivity index (χ3n) is 2.38. The molecule has 7 nitrogen and oxygen atoms in total. The Labute approximate surface area is 119 Å². The zero-order chi connectivity index (χ0) is 14.5. The van der Waals surface area contributed by atoms with Crippen molar-refractivity contribution in [2.24, 2.45) is 5.84 Å². The smallest absolute Gasteiger partial charge is 0.140 e. The van der Waals surface area contributed by atoms with Gasteiger partial charge in [-0.3, -0.25) is 0 Å². The summed E-state index contributed by atoms with van der Waals surface area (Å²) in [6.45, 7) is 3.79. The molecule has 0 aliphatic carbocycles. The van der Waals surface area contributed by atoms with Crippen molar-refractivity contribution in [2.45, 2.75) is 6.61 Å². The minimum Gasteiger partial charge on any atom is -0.382 e. The zero-order valence-electron chi connectivity index (χ0n) is 11.8. The van der Waals surface area contributed by atoms with Crippen LogP contribution in [0.2, 0.25) is 0 Å². The highest BCUT2D eigenvalue weighted by atomic mass is 16.6. The number of nitrogens with zero attached hydrogens (tertiary/aromatic N) is 1. The first-order valence-corrected chi connectivity index (χ1v) is 6.51. The van der Waals surface area contributed by atoms with Gasteiger partial charge in [-0.15, -0.1) is 0 Å². The number of nitrogens with two attached hydrogens (primary N) is 1. The number of ether oxygens (including phenoxy) is 4. The summed E-state index contributed by atoms with van der Waals surface area (Å²) < 4.78 is 20.9. The normalized spacial score (nSPS) is 10.7. The molecule has 0 amide bonds. The van der Waals surface area contributed by atoms with Gasteiger partial charge < -0.3 is 24.4 Å². The van der Waals surface area contributed by atoms with Crippen molar-refractivity contribution in [3.63, 3.8) is 0 Å². The number of hydrogen-bond acceptors (Lipinski definition) is 7. The van der Waals surface area contributed by atoms with Crippen LogP contribution in [0.4, 0.5) is 5.82 Å². The van der Waals surface area contributed by atoms with Crippen molar-refractivity contribution in [1.29, 1.82) is 0 Å². The lowest BCUT2D eigenvalue weighted by Crippen LogP contribution is -2.12. The van der Waals surface area contributed by atoms with Gasteiger partial charge in [-0.1, -0.05) is 6.07 Å². The maximum atomic E-state index is 5.45. The second-order valence-corrected chi connectivity index (χ2v) is 3.93. The van der Waals surface area contributed by atoms with Crippen LogP contribution in [0.5, 0.6) is 0 Å². The standard InChI is InChI=1S/C13H23N3O4/c1-17-5-6-18-7-8-19-9-10-20-11-12-3-2-4-13(15-12)16-14/h2-4H,5-11,14H2,1H3,(H,15,16). The van der Waals surface area contributed by atoms with Crippen molar-refractivity contribution in [2.75, 3.05) is 52.2 Å². The Hall–Kier alpha value is -1.25. The second kappa shape index (κ2) is 11.6. The summed E-state index contributed by atoms with van der Waals surface area (Å²) in [5.41, 5.74) is 3.31. The largest absolute Gasteiger partial charge is 0.382 e. The SMILES string of the molecule is COCCOCCOCCOCc1cccc(NN)n1. The Bertz CT molecular complexity index is 352. The van der Waals surface area contributed by atoms with Gasteiger partial charge in [0.05, 0.1) is 51.9 Å². The molecule has 0 aromatic carbocycles. The van der Waals surface area contributed by atoms with E-state index in [-0.39, 0.29) is 0 Å². The molecule has 1 heterocycles. The number of anilines is 1. The van der Waals surface area contributed by atoms with Gasteiger partial charge >= 0.3 is 0 Å². The molecule has 0 saturated heterocycles. The minimum absolute atomic E-state index is 0.434. The molecule has 0 fully saturated rings. The van der Waals surface area contributed by atoms with E-state index in [2.05, 4.69) is 10.4 Å². The van der Waals surface area contributed by atoms with Crippen molar-refractivity contribution in [3.8, 4) is 0 Å². The van der Waals surface area contributed by atoms with Gasteiger partial charge in [0.2, 0.25) is 0 Å². The first-order chi connectivity index (χ1) is 9.86. The van der Waals surface area contributed by atoms with E-state index in [1.54, 1.807) is 13.2 Å². The quantitative estimate of drug-likeness (QED) is 0.329. The van der Waals surface area contributed by atoms with Gasteiger partial charge in [0.1, 0.15) is 5.82 Å². The summed E-state index contributed by atoms with van der Waals surface area (Å²) in [6.07, 6.45) is 0. The number of aromatic nitrogens is 1. The molecule has 114 valence electrons. The molecule has 0 atom stereocenters. The summed E-state index contributed by atoms with van der Waals surface area (Å²) in [5, 5.41) is 0. The van der Waals surface area contributed by atoms with E-state index in [0.29, 0.717) is 52.1 Å². The highest BCUT2D eigenvalue weighted by molar-refractivity contribution is 5.33. The van der Waals surface area contributed by atoms with Crippen LogP contribution >= 0.6 is 0 Å². The Morgan fingerprint density at radius 1 is 1.00 bits per heavy atom. The minimum atomic E-state index is 0.434. The topological polar surface area (TPSA) is 87.9 Å². The second-order valence-electron chi connectivity index (χ2n) is 3.93. The summed E-state index contributed by atoms with van der Waals surface area (Å²) in [5.74, 6) is 5.90. The predicted octanol–water partition coefficient (Wildman–Crippen LogP) is 0.563. The lowest BCUT2D eigenvalue weighted by atomic mass is 10.3. The van der Waals surface area contributed by atoms with Crippen LogP contribution < -0.4 is 11.3 Å². The van der Waals surface area contributed by atoms with Crippen molar-refractivity contribution in [3.05, 3.63) is 23.9 Å². The van der Waals surface area contributed by atoms with Crippen LogP contribution in [0.1, 0.15) is 5.69 Å². The van der Waals surface area contributed by atoms with Gasteiger partial charge in [-0.2, -0.15) is 0 Å². The van der Waals surface area contributed by atoms with E-state index in [4.69, 9.17) is 24.8 Å². The molecule has 0 bridgehead atoms. The highest BCUT2D eigenvalue weighted by Crippen LogP contribution is 2.04. The van der Waals surface area contributed by atoms with Crippen LogP contribution in [-0.2, 0) is 25.6 Å². The Morgan fingerprint density at radius 3 is 2.30 bits per heavy atom. The summed E-state index contributed by atoms with van der Waals surface area (Å²) in [4.78, 5) is 4.23. The molecule has 1 aromatic rings. The first kappa shape index (κ1) is 16.8. The lowest BCUT2D eigenvalue weighted by molar-refractivity contribution is 0.000481. The van der Waals surface area contributed by atoms with Gasteiger partial charge in [0.15, 0.2) is 0 Å². The summed E-state index contributed by atoms with van der Waals surface area (Å²) in [7, 11) is 1.64. The monoisotopic (exact) mass is 285 g/mol. The Balaban J connectivity index is 1.94. The maximum absolute atomic E-state index is 5.45. The summed E-state index contributed by atoms with van der Waals surface area (Å²) >= 11 is 0. The average Bonchev–Trinajstić information content (AvgIpc) is 2.49. The molecule has 0 aliphatic rings. The molecular formula is C13H23N3O4. The molecule has 1 rings (SSSR count). The third kappa shape index (κ3) is 8.03. The van der Waals surface area contributed by atoms with E-state index < -0.39 is 0 Å². The van der Waals surface area contributed by atoms with E-state index >= 15 is 0 Å². The summed E-state index contributed by atoms with van der Waals surface area (Å²) in [6, 6.07) is 5.54. The number of pyridine rings is 1. The zero-order valence-corrected chi connectivity index (χ0v) is 11.8. The molecule has 7 heteroatoms. The van der Waals surface area contributed by atoms with Crippen LogP contribution in [0, 0.1) is 0 Å². The highest BCUT2D eigenvalue weighted by Gasteiger charge is 1.97. The van der Waals surface area contributed by atoms with Crippen LogP contribution in [0.25, 0.3) is 0 Å². The van der Waals surface area contributed by atoms with E-state index in [1.807, 2.05) is 12.1 Å². The van der Waals surface area contributed by atoms with Crippen molar-refractivity contribution in [1.82, 2.24) is 4.98 Å². The van der Waals surface area contributed by atoms with Gasteiger partial charge in [0, 0.05) is 7.11 Å². The molecule has 0 aliphatic heterocycles. The molecule has 1 aromatic heterocycles. The van der Waals surface area contributed by atoms with Gasteiger partial charge in [-0.25, -0.2) is 10.8 Å². The van der Waals surface area contributed by atoms with Crippen LogP contribution in [-0.4, -0.2) is 51.7 Å².